The van der Waals surface area contributed by atoms with Gasteiger partial charge in [0.25, 0.3) is 5.91 Å². The van der Waals surface area contributed by atoms with E-state index in [4.69, 9.17) is 0 Å². The summed E-state index contributed by atoms with van der Waals surface area (Å²) in [4.78, 5) is 24.4. The fourth-order valence-corrected chi connectivity index (χ4v) is 4.54. The molecule has 196 valence electrons. The first-order chi connectivity index (χ1) is 16.6. The predicted molar refractivity (Wildman–Crippen MR) is 119 cm³/mol. The highest BCUT2D eigenvalue weighted by atomic mass is 19.4. The molecule has 1 aliphatic rings. The number of hydrogen-bond acceptors (Lipinski definition) is 2. The Balaban J connectivity index is 1.96. The number of carbonyl (C=O) groups is 2. The zero-order chi connectivity index (χ0) is 27.1. The molecule has 0 radical (unpaired) electrons. The number of carbonyl (C=O) groups excluding carboxylic acids is 2. The standard InChI is InChI=1S/C25H25F7N2O2/c1-4-15-12-18(23(26,24(27,28)29)25(30,31)32)10-13(2)21(15)34-22(36)17-8-9-19-16(11-17)6-5-7-20(19)33-14(3)35/h8-12,20H,4-7H2,1-3H3,(H,33,35)(H,34,36). The lowest BCUT2D eigenvalue weighted by molar-refractivity contribution is -0.348. The van der Waals surface area contributed by atoms with Crippen LogP contribution in [0.15, 0.2) is 30.3 Å². The average Bonchev–Trinajstić information content (AvgIpc) is 2.77. The predicted octanol–water partition coefficient (Wildman–Crippen LogP) is 6.61. The molecule has 3 rings (SSSR count). The Bertz CT molecular complexity index is 1160. The van der Waals surface area contributed by atoms with Crippen LogP contribution < -0.4 is 10.6 Å². The van der Waals surface area contributed by atoms with E-state index in [2.05, 4.69) is 10.6 Å². The molecule has 0 heterocycles. The zero-order valence-corrected chi connectivity index (χ0v) is 19.8. The number of rotatable bonds is 5. The third-order valence-electron chi connectivity index (χ3n) is 6.31. The number of halogens is 7. The minimum atomic E-state index is -6.23. The SMILES string of the molecule is CCc1cc(C(F)(C(F)(F)F)C(F)(F)F)cc(C)c1NC(=O)c1ccc2c(c1)CCCC2NC(C)=O. The minimum Gasteiger partial charge on any atom is -0.350 e. The second-order valence-corrected chi connectivity index (χ2v) is 8.85. The van der Waals surface area contributed by atoms with Crippen molar-refractivity contribution in [1.82, 2.24) is 5.32 Å². The number of benzene rings is 2. The molecule has 2 N–H and O–H groups in total. The Hall–Kier alpha value is -3.11. The van der Waals surface area contributed by atoms with E-state index in [0.717, 1.165) is 24.0 Å². The molecule has 2 aromatic rings. The maximum Gasteiger partial charge on any atom is 0.435 e. The van der Waals surface area contributed by atoms with Crippen molar-refractivity contribution in [3.8, 4) is 0 Å². The van der Waals surface area contributed by atoms with Crippen LogP contribution in [0.1, 0.15) is 70.9 Å². The van der Waals surface area contributed by atoms with E-state index < -0.39 is 29.5 Å². The molecule has 0 saturated heterocycles. The highest BCUT2D eigenvalue weighted by Crippen LogP contribution is 2.54. The van der Waals surface area contributed by atoms with Crippen molar-refractivity contribution in [2.75, 3.05) is 5.32 Å². The summed E-state index contributed by atoms with van der Waals surface area (Å²) in [5.74, 6) is -0.808. The van der Waals surface area contributed by atoms with Crippen LogP contribution in [-0.2, 0) is 23.3 Å². The molecule has 1 atom stereocenters. The van der Waals surface area contributed by atoms with Gasteiger partial charge in [-0.05, 0) is 73.1 Å². The largest absolute Gasteiger partial charge is 0.435 e. The third-order valence-corrected chi connectivity index (χ3v) is 6.31. The summed E-state index contributed by atoms with van der Waals surface area (Å²) >= 11 is 0. The van der Waals surface area contributed by atoms with Gasteiger partial charge in [-0.25, -0.2) is 4.39 Å². The normalized spacial score (nSPS) is 16.3. The summed E-state index contributed by atoms with van der Waals surface area (Å²) in [6.45, 7) is 4.08. The van der Waals surface area contributed by atoms with Gasteiger partial charge in [0.05, 0.1) is 6.04 Å². The van der Waals surface area contributed by atoms with Gasteiger partial charge in [-0.3, -0.25) is 9.59 Å². The molecule has 4 nitrogen and oxygen atoms in total. The van der Waals surface area contributed by atoms with Crippen LogP contribution in [0.4, 0.5) is 36.4 Å². The number of aryl methyl sites for hydroxylation is 3. The summed E-state index contributed by atoms with van der Waals surface area (Å²) in [5.41, 5.74) is -5.38. The number of nitrogens with one attached hydrogen (secondary N) is 2. The molecular weight excluding hydrogens is 493 g/mol. The van der Waals surface area contributed by atoms with Crippen LogP contribution >= 0.6 is 0 Å². The van der Waals surface area contributed by atoms with E-state index in [-0.39, 0.29) is 40.7 Å². The molecule has 1 aliphatic carbocycles. The molecule has 0 aromatic heterocycles. The van der Waals surface area contributed by atoms with Crippen LogP contribution in [0.5, 0.6) is 0 Å². The van der Waals surface area contributed by atoms with E-state index in [9.17, 15) is 40.3 Å². The molecule has 0 fully saturated rings. The maximum atomic E-state index is 14.6. The van der Waals surface area contributed by atoms with Gasteiger partial charge in [0.15, 0.2) is 0 Å². The second kappa shape index (κ2) is 9.74. The maximum absolute atomic E-state index is 14.6. The van der Waals surface area contributed by atoms with Crippen LogP contribution in [-0.4, -0.2) is 24.2 Å². The Labute approximate surface area is 203 Å². The van der Waals surface area contributed by atoms with Crippen molar-refractivity contribution in [3.05, 3.63) is 63.7 Å². The van der Waals surface area contributed by atoms with E-state index in [1.165, 1.54) is 26.8 Å². The van der Waals surface area contributed by atoms with Gasteiger partial charge < -0.3 is 10.6 Å². The molecule has 1 unspecified atom stereocenters. The molecule has 36 heavy (non-hydrogen) atoms. The van der Waals surface area contributed by atoms with Gasteiger partial charge in [-0.15, -0.1) is 0 Å². The Morgan fingerprint density at radius 1 is 1.00 bits per heavy atom. The first kappa shape index (κ1) is 27.5. The Morgan fingerprint density at radius 2 is 1.64 bits per heavy atom. The second-order valence-electron chi connectivity index (χ2n) is 8.85. The lowest BCUT2D eigenvalue weighted by Crippen LogP contribution is -2.50. The lowest BCUT2D eigenvalue weighted by atomic mass is 9.86. The zero-order valence-electron chi connectivity index (χ0n) is 19.8. The summed E-state index contributed by atoms with van der Waals surface area (Å²) in [6.07, 6.45) is -10.3. The van der Waals surface area contributed by atoms with E-state index in [1.54, 1.807) is 12.1 Å². The fraction of sp³-hybridized carbons (Fsp3) is 0.440. The number of hydrogen-bond donors (Lipinski definition) is 2. The fourth-order valence-electron chi connectivity index (χ4n) is 4.54. The summed E-state index contributed by atoms with van der Waals surface area (Å²) in [6, 6.07) is 5.66. The number of alkyl halides is 7. The van der Waals surface area contributed by atoms with E-state index in [0.29, 0.717) is 18.6 Å². The summed E-state index contributed by atoms with van der Waals surface area (Å²) < 4.78 is 94.0. The molecule has 11 heteroatoms. The third kappa shape index (κ3) is 5.05. The molecular formula is C25H25F7N2O2. The number of fused-ring (bicyclic) bond motifs is 1. The van der Waals surface area contributed by atoms with Crippen LogP contribution in [0.3, 0.4) is 0 Å². The van der Waals surface area contributed by atoms with Gasteiger partial charge in [-0.2, -0.15) is 26.3 Å². The lowest BCUT2D eigenvalue weighted by Gasteiger charge is -2.31. The highest BCUT2D eigenvalue weighted by Gasteiger charge is 2.73. The van der Waals surface area contributed by atoms with Gasteiger partial charge in [-0.1, -0.05) is 19.1 Å². The average molecular weight is 518 g/mol. The first-order valence-electron chi connectivity index (χ1n) is 11.3. The molecule has 2 aromatic carbocycles. The van der Waals surface area contributed by atoms with Gasteiger partial charge >= 0.3 is 18.0 Å². The topological polar surface area (TPSA) is 58.2 Å². The van der Waals surface area contributed by atoms with Crippen molar-refractivity contribution in [3.63, 3.8) is 0 Å². The van der Waals surface area contributed by atoms with Crippen molar-refractivity contribution in [2.45, 2.75) is 70.5 Å². The van der Waals surface area contributed by atoms with Crippen molar-refractivity contribution >= 4 is 17.5 Å². The van der Waals surface area contributed by atoms with Gasteiger partial charge in [0.2, 0.25) is 5.91 Å². The van der Waals surface area contributed by atoms with Crippen molar-refractivity contribution in [1.29, 1.82) is 0 Å². The van der Waals surface area contributed by atoms with E-state index in [1.807, 2.05) is 0 Å². The highest BCUT2D eigenvalue weighted by molar-refractivity contribution is 6.05. The molecule has 0 saturated carbocycles. The van der Waals surface area contributed by atoms with Gasteiger partial charge in [0, 0.05) is 23.7 Å². The Kier molecular flexibility index (Phi) is 7.44. The molecule has 0 spiro atoms. The molecule has 2 amide bonds. The smallest absolute Gasteiger partial charge is 0.350 e. The van der Waals surface area contributed by atoms with Crippen molar-refractivity contribution in [2.24, 2.45) is 0 Å². The van der Waals surface area contributed by atoms with E-state index >= 15 is 0 Å². The molecule has 0 bridgehead atoms. The minimum absolute atomic E-state index is 0.0202. The monoisotopic (exact) mass is 518 g/mol. The first-order valence-corrected chi connectivity index (χ1v) is 11.3. The number of anilines is 1. The van der Waals surface area contributed by atoms with Gasteiger partial charge in [0.1, 0.15) is 0 Å². The van der Waals surface area contributed by atoms with Crippen LogP contribution in [0.2, 0.25) is 0 Å². The van der Waals surface area contributed by atoms with Crippen LogP contribution in [0.25, 0.3) is 0 Å². The summed E-state index contributed by atoms with van der Waals surface area (Å²) in [7, 11) is 0. The molecule has 0 aliphatic heterocycles. The number of amides is 2. The van der Waals surface area contributed by atoms with Crippen LogP contribution in [0, 0.1) is 6.92 Å². The van der Waals surface area contributed by atoms with Crippen molar-refractivity contribution < 1.29 is 40.3 Å². The Morgan fingerprint density at radius 3 is 2.19 bits per heavy atom. The summed E-state index contributed by atoms with van der Waals surface area (Å²) in [5, 5.41) is 5.42. The quantitative estimate of drug-likeness (QED) is 0.438.